The van der Waals surface area contributed by atoms with Gasteiger partial charge in [0.2, 0.25) is 0 Å². The molecule has 0 atom stereocenters. The first-order valence-electron chi connectivity index (χ1n) is 4.97. The van der Waals surface area contributed by atoms with E-state index in [4.69, 9.17) is 0 Å². The lowest BCUT2D eigenvalue weighted by Crippen LogP contribution is -1.91. The van der Waals surface area contributed by atoms with Gasteiger partial charge >= 0.3 is 0 Å². The maximum Gasteiger partial charge on any atom is 0.0704 e. The average Bonchev–Trinajstić information content (AvgIpc) is 2.31. The highest BCUT2D eigenvalue weighted by Crippen LogP contribution is 2.21. The lowest BCUT2D eigenvalue weighted by atomic mass is 10.0. The minimum absolute atomic E-state index is 0.983. The number of hydrogen-bond donors (Lipinski definition) is 0. The summed E-state index contributed by atoms with van der Waals surface area (Å²) in [6.45, 7) is 0. The highest BCUT2D eigenvalue weighted by molar-refractivity contribution is 9.09. The molecule has 1 aromatic carbocycles. The first kappa shape index (κ1) is 10.4. The van der Waals surface area contributed by atoms with Gasteiger partial charge < -0.3 is 0 Å². The van der Waals surface area contributed by atoms with E-state index < -0.39 is 0 Å². The molecule has 2 rings (SSSR count). The zero-order chi connectivity index (χ0) is 10.5. The molecular weight excluding hydrogens is 250 g/mol. The third-order valence-corrected chi connectivity index (χ3v) is 2.72. The van der Waals surface area contributed by atoms with Crippen molar-refractivity contribution in [2.75, 3.05) is 5.33 Å². The Bertz CT molecular complexity index is 426. The van der Waals surface area contributed by atoms with E-state index in [-0.39, 0.29) is 0 Å². The molecule has 0 unspecified atom stereocenters. The topological polar surface area (TPSA) is 12.9 Å². The molecule has 15 heavy (non-hydrogen) atoms. The van der Waals surface area contributed by atoms with Crippen LogP contribution < -0.4 is 0 Å². The van der Waals surface area contributed by atoms with Crippen molar-refractivity contribution >= 4 is 15.9 Å². The fourth-order valence-electron chi connectivity index (χ4n) is 1.61. The van der Waals surface area contributed by atoms with E-state index in [1.54, 1.807) is 0 Å². The molecule has 2 heteroatoms. The lowest BCUT2D eigenvalue weighted by Gasteiger charge is -2.06. The van der Waals surface area contributed by atoms with Gasteiger partial charge in [0.25, 0.3) is 0 Å². The van der Waals surface area contributed by atoms with Gasteiger partial charge in [0.15, 0.2) is 0 Å². The Balaban J connectivity index is 2.43. The monoisotopic (exact) mass is 261 g/mol. The Kier molecular flexibility index (Phi) is 3.51. The first-order chi connectivity index (χ1) is 7.42. The number of nitrogens with zero attached hydrogens (tertiary/aromatic N) is 1. The molecule has 0 fully saturated rings. The molecule has 0 aliphatic carbocycles. The Morgan fingerprint density at radius 3 is 2.53 bits per heavy atom. The van der Waals surface area contributed by atoms with Gasteiger partial charge in [0, 0.05) is 17.1 Å². The van der Waals surface area contributed by atoms with Crippen LogP contribution in [-0.2, 0) is 6.42 Å². The Morgan fingerprint density at radius 1 is 1.00 bits per heavy atom. The summed E-state index contributed by atoms with van der Waals surface area (Å²) in [4.78, 5) is 4.38. The van der Waals surface area contributed by atoms with Crippen LogP contribution in [0.3, 0.4) is 0 Å². The lowest BCUT2D eigenvalue weighted by molar-refractivity contribution is 1.16. The summed E-state index contributed by atoms with van der Waals surface area (Å²) < 4.78 is 0. The normalized spacial score (nSPS) is 10.2. The fraction of sp³-hybridized carbons (Fsp3) is 0.154. The van der Waals surface area contributed by atoms with Crippen molar-refractivity contribution < 1.29 is 0 Å². The van der Waals surface area contributed by atoms with Crippen LogP contribution in [0.5, 0.6) is 0 Å². The predicted octanol–water partition coefficient (Wildman–Crippen LogP) is 3.69. The third-order valence-electron chi connectivity index (χ3n) is 2.32. The van der Waals surface area contributed by atoms with Crippen molar-refractivity contribution in [3.63, 3.8) is 0 Å². The third kappa shape index (κ3) is 2.45. The molecule has 0 spiro atoms. The molecule has 1 nitrogen and oxygen atoms in total. The van der Waals surface area contributed by atoms with Gasteiger partial charge in [-0.15, -0.1) is 0 Å². The summed E-state index contributed by atoms with van der Waals surface area (Å²) in [7, 11) is 0. The number of alkyl halides is 1. The van der Waals surface area contributed by atoms with E-state index >= 15 is 0 Å². The van der Waals surface area contributed by atoms with Crippen LogP contribution in [0.1, 0.15) is 5.56 Å². The SMILES string of the molecule is BrCCc1ccccc1-c1ccccn1. The van der Waals surface area contributed by atoms with Crippen LogP contribution in [0.4, 0.5) is 0 Å². The van der Waals surface area contributed by atoms with Crippen LogP contribution in [0.15, 0.2) is 48.7 Å². The van der Waals surface area contributed by atoms with Crippen molar-refractivity contribution in [1.82, 2.24) is 4.98 Å². The van der Waals surface area contributed by atoms with Crippen molar-refractivity contribution in [1.29, 1.82) is 0 Å². The summed E-state index contributed by atoms with van der Waals surface area (Å²) in [5.41, 5.74) is 3.62. The number of aryl methyl sites for hydroxylation is 1. The van der Waals surface area contributed by atoms with Gasteiger partial charge in [-0.3, -0.25) is 4.98 Å². The average molecular weight is 262 g/mol. The van der Waals surface area contributed by atoms with Crippen molar-refractivity contribution in [2.24, 2.45) is 0 Å². The number of rotatable bonds is 3. The Hall–Kier alpha value is -1.15. The van der Waals surface area contributed by atoms with E-state index in [2.05, 4.69) is 45.2 Å². The largest absolute Gasteiger partial charge is 0.256 e. The fourth-order valence-corrected chi connectivity index (χ4v) is 2.04. The number of pyridine rings is 1. The minimum atomic E-state index is 0.983. The molecule has 0 N–H and O–H groups in total. The Morgan fingerprint density at radius 2 is 1.80 bits per heavy atom. The molecular formula is C13H12BrN. The van der Waals surface area contributed by atoms with E-state index in [1.165, 1.54) is 11.1 Å². The second kappa shape index (κ2) is 5.08. The predicted molar refractivity (Wildman–Crippen MR) is 67.2 cm³/mol. The zero-order valence-electron chi connectivity index (χ0n) is 8.36. The van der Waals surface area contributed by atoms with E-state index in [1.807, 2.05) is 24.4 Å². The van der Waals surface area contributed by atoms with E-state index in [0.717, 1.165) is 17.4 Å². The summed E-state index contributed by atoms with van der Waals surface area (Å²) >= 11 is 3.47. The summed E-state index contributed by atoms with van der Waals surface area (Å²) in [6.07, 6.45) is 2.87. The van der Waals surface area contributed by atoms with Gasteiger partial charge in [0.1, 0.15) is 0 Å². The van der Waals surface area contributed by atoms with E-state index in [9.17, 15) is 0 Å². The molecule has 0 radical (unpaired) electrons. The summed E-state index contributed by atoms with van der Waals surface area (Å²) in [5.74, 6) is 0. The van der Waals surface area contributed by atoms with Crippen LogP contribution in [-0.4, -0.2) is 10.3 Å². The number of hydrogen-bond acceptors (Lipinski definition) is 1. The van der Waals surface area contributed by atoms with Gasteiger partial charge in [-0.25, -0.2) is 0 Å². The standard InChI is InChI=1S/C13H12BrN/c14-9-8-11-5-1-2-6-12(11)13-7-3-4-10-15-13/h1-7,10H,8-9H2. The number of halogens is 1. The number of aromatic nitrogens is 1. The highest BCUT2D eigenvalue weighted by Gasteiger charge is 2.03. The Labute approximate surface area is 98.3 Å². The molecule has 0 bridgehead atoms. The second-order valence-electron chi connectivity index (χ2n) is 3.31. The van der Waals surface area contributed by atoms with Crippen molar-refractivity contribution in [3.8, 4) is 11.3 Å². The van der Waals surface area contributed by atoms with Gasteiger partial charge in [-0.05, 0) is 24.1 Å². The molecule has 1 aromatic heterocycles. The quantitative estimate of drug-likeness (QED) is 0.769. The van der Waals surface area contributed by atoms with Crippen LogP contribution in [0, 0.1) is 0 Å². The second-order valence-corrected chi connectivity index (χ2v) is 4.10. The zero-order valence-corrected chi connectivity index (χ0v) is 9.94. The van der Waals surface area contributed by atoms with Crippen LogP contribution >= 0.6 is 15.9 Å². The molecule has 0 saturated carbocycles. The maximum absolute atomic E-state index is 4.38. The minimum Gasteiger partial charge on any atom is -0.256 e. The van der Waals surface area contributed by atoms with Crippen LogP contribution in [0.25, 0.3) is 11.3 Å². The molecule has 0 amide bonds. The number of benzene rings is 1. The smallest absolute Gasteiger partial charge is 0.0704 e. The van der Waals surface area contributed by atoms with Crippen molar-refractivity contribution in [3.05, 3.63) is 54.2 Å². The van der Waals surface area contributed by atoms with E-state index in [0.29, 0.717) is 0 Å². The molecule has 0 aliphatic rings. The van der Waals surface area contributed by atoms with Crippen molar-refractivity contribution in [2.45, 2.75) is 6.42 Å². The molecule has 2 aromatic rings. The van der Waals surface area contributed by atoms with Gasteiger partial charge in [0.05, 0.1) is 5.69 Å². The molecule has 0 saturated heterocycles. The highest BCUT2D eigenvalue weighted by atomic mass is 79.9. The summed E-state index contributed by atoms with van der Waals surface area (Å²) in [6, 6.07) is 14.4. The molecule has 0 aliphatic heterocycles. The molecule has 76 valence electrons. The first-order valence-corrected chi connectivity index (χ1v) is 6.09. The van der Waals surface area contributed by atoms with Gasteiger partial charge in [-0.2, -0.15) is 0 Å². The maximum atomic E-state index is 4.38. The van der Waals surface area contributed by atoms with Gasteiger partial charge in [-0.1, -0.05) is 46.3 Å². The van der Waals surface area contributed by atoms with Crippen LogP contribution in [0.2, 0.25) is 0 Å². The molecule has 1 heterocycles. The summed E-state index contributed by atoms with van der Waals surface area (Å²) in [5, 5.41) is 0.983.